The van der Waals surface area contributed by atoms with Crippen molar-refractivity contribution in [1.82, 2.24) is 20.4 Å². The smallest absolute Gasteiger partial charge is 0.246 e. The van der Waals surface area contributed by atoms with Crippen molar-refractivity contribution < 1.29 is 9.18 Å². The summed E-state index contributed by atoms with van der Waals surface area (Å²) < 4.78 is 14.6. The van der Waals surface area contributed by atoms with Crippen molar-refractivity contribution in [1.29, 1.82) is 0 Å². The second kappa shape index (κ2) is 13.5. The van der Waals surface area contributed by atoms with Gasteiger partial charge in [-0.15, -0.1) is 24.0 Å². The van der Waals surface area contributed by atoms with E-state index in [0.29, 0.717) is 19.0 Å². The summed E-state index contributed by atoms with van der Waals surface area (Å²) >= 11 is 0. The number of nitrogens with zero attached hydrogens (tertiary/aromatic N) is 3. The van der Waals surface area contributed by atoms with Crippen LogP contribution in [0.25, 0.3) is 0 Å². The number of benzene rings is 2. The number of guanidine groups is 1. The molecule has 32 heavy (non-hydrogen) atoms. The van der Waals surface area contributed by atoms with E-state index in [-0.39, 0.29) is 42.2 Å². The fraction of sp³-hybridized carbons (Fsp3) is 0.261. The van der Waals surface area contributed by atoms with Crippen LogP contribution in [0.1, 0.15) is 18.1 Å². The highest BCUT2D eigenvalue weighted by Crippen LogP contribution is 2.12. The SMILES string of the molecule is CCNC(=NCc1cccc(NC(=O)Cn2cccn2)c1)NCCc1ccc(F)cc1.I. The van der Waals surface area contributed by atoms with Crippen LogP contribution >= 0.6 is 24.0 Å². The first-order valence-electron chi connectivity index (χ1n) is 10.2. The van der Waals surface area contributed by atoms with Crippen LogP contribution in [0.4, 0.5) is 10.1 Å². The summed E-state index contributed by atoms with van der Waals surface area (Å²) in [5, 5.41) is 13.4. The maximum atomic E-state index is 13.0. The highest BCUT2D eigenvalue weighted by atomic mass is 127. The number of carbonyl (C=O) groups excluding carboxylic acids is 1. The maximum Gasteiger partial charge on any atom is 0.246 e. The van der Waals surface area contributed by atoms with Gasteiger partial charge < -0.3 is 16.0 Å². The number of halogens is 2. The molecule has 3 rings (SSSR count). The number of aliphatic imine (C=N–C) groups is 1. The highest BCUT2D eigenvalue weighted by Gasteiger charge is 2.05. The van der Waals surface area contributed by atoms with Gasteiger partial charge in [0, 0.05) is 31.2 Å². The molecule has 7 nitrogen and oxygen atoms in total. The van der Waals surface area contributed by atoms with Crippen molar-refractivity contribution in [2.24, 2.45) is 4.99 Å². The molecule has 0 bridgehead atoms. The molecule has 9 heteroatoms. The first kappa shape index (κ1) is 25.3. The number of hydrogen-bond acceptors (Lipinski definition) is 3. The molecule has 0 aliphatic heterocycles. The lowest BCUT2D eigenvalue weighted by atomic mass is 10.1. The molecule has 3 aromatic rings. The van der Waals surface area contributed by atoms with Crippen molar-refractivity contribution in [3.63, 3.8) is 0 Å². The summed E-state index contributed by atoms with van der Waals surface area (Å²) in [5.74, 6) is 0.337. The summed E-state index contributed by atoms with van der Waals surface area (Å²) in [5.41, 5.74) is 2.76. The standard InChI is InChI=1S/C23H27FN6O.HI/c1-2-25-23(26-13-11-18-7-9-20(24)10-8-18)27-16-19-5-3-6-21(15-19)29-22(31)17-30-14-4-12-28-30;/h3-10,12,14-15H,2,11,13,16-17H2,1H3,(H,29,31)(H2,25,26,27);1H. The molecule has 0 unspecified atom stereocenters. The monoisotopic (exact) mass is 550 g/mol. The van der Waals surface area contributed by atoms with Crippen LogP contribution in [0.2, 0.25) is 0 Å². The third kappa shape index (κ3) is 8.66. The van der Waals surface area contributed by atoms with Gasteiger partial charge in [-0.1, -0.05) is 24.3 Å². The van der Waals surface area contributed by atoms with E-state index < -0.39 is 0 Å². The predicted octanol–water partition coefficient (Wildman–Crippen LogP) is 3.58. The Bertz CT molecular complexity index is 992. The van der Waals surface area contributed by atoms with Gasteiger partial charge in [-0.3, -0.25) is 9.48 Å². The molecule has 170 valence electrons. The fourth-order valence-corrected chi connectivity index (χ4v) is 2.98. The Labute approximate surface area is 204 Å². The van der Waals surface area contributed by atoms with Gasteiger partial charge >= 0.3 is 0 Å². The Morgan fingerprint density at radius 1 is 1.09 bits per heavy atom. The van der Waals surface area contributed by atoms with Crippen LogP contribution in [0.15, 0.2) is 72.0 Å². The van der Waals surface area contributed by atoms with E-state index in [1.807, 2.05) is 31.2 Å². The van der Waals surface area contributed by atoms with E-state index in [2.05, 4.69) is 26.0 Å². The predicted molar refractivity (Wildman–Crippen MR) is 136 cm³/mol. The molecule has 1 amide bonds. The minimum absolute atomic E-state index is 0. The molecule has 0 fully saturated rings. The molecule has 0 radical (unpaired) electrons. The molecule has 0 spiro atoms. The lowest BCUT2D eigenvalue weighted by Crippen LogP contribution is -2.38. The van der Waals surface area contributed by atoms with Crippen LogP contribution in [-0.4, -0.2) is 34.7 Å². The Kier molecular flexibility index (Phi) is 10.6. The second-order valence-corrected chi connectivity index (χ2v) is 6.95. The van der Waals surface area contributed by atoms with Crippen molar-refractivity contribution in [2.45, 2.75) is 26.4 Å². The van der Waals surface area contributed by atoms with Gasteiger partial charge in [0.05, 0.1) is 6.54 Å². The van der Waals surface area contributed by atoms with Crippen LogP contribution < -0.4 is 16.0 Å². The Hall–Kier alpha value is -2.95. The summed E-state index contributed by atoms with van der Waals surface area (Å²) in [6.07, 6.45) is 4.15. The molecule has 0 saturated carbocycles. The molecule has 1 heterocycles. The van der Waals surface area contributed by atoms with Crippen LogP contribution in [0.5, 0.6) is 0 Å². The summed E-state index contributed by atoms with van der Waals surface area (Å²) in [7, 11) is 0. The van der Waals surface area contributed by atoms with Crippen LogP contribution in [0, 0.1) is 5.82 Å². The third-order valence-corrected chi connectivity index (χ3v) is 4.46. The van der Waals surface area contributed by atoms with Gasteiger partial charge in [0.25, 0.3) is 0 Å². The molecule has 0 aliphatic rings. The van der Waals surface area contributed by atoms with Gasteiger partial charge in [-0.05, 0) is 54.8 Å². The first-order valence-corrected chi connectivity index (χ1v) is 10.2. The number of aromatic nitrogens is 2. The van der Waals surface area contributed by atoms with Gasteiger partial charge in [0.15, 0.2) is 5.96 Å². The van der Waals surface area contributed by atoms with Crippen molar-refractivity contribution >= 4 is 41.5 Å². The van der Waals surface area contributed by atoms with E-state index in [1.165, 1.54) is 12.1 Å². The topological polar surface area (TPSA) is 83.3 Å². The van der Waals surface area contributed by atoms with Crippen LogP contribution in [-0.2, 0) is 24.3 Å². The summed E-state index contributed by atoms with van der Waals surface area (Å²) in [4.78, 5) is 16.8. The Balaban J connectivity index is 0.00000363. The van der Waals surface area contributed by atoms with Crippen molar-refractivity contribution in [3.05, 3.63) is 83.9 Å². The van der Waals surface area contributed by atoms with Gasteiger partial charge in [-0.25, -0.2) is 9.38 Å². The van der Waals surface area contributed by atoms with Crippen molar-refractivity contribution in [2.75, 3.05) is 18.4 Å². The number of carbonyl (C=O) groups is 1. The Morgan fingerprint density at radius 3 is 2.62 bits per heavy atom. The first-order chi connectivity index (χ1) is 15.1. The maximum absolute atomic E-state index is 13.0. The molecule has 0 aliphatic carbocycles. The summed E-state index contributed by atoms with van der Waals surface area (Å²) in [6, 6.07) is 15.9. The average Bonchev–Trinajstić information content (AvgIpc) is 3.26. The number of hydrogen-bond donors (Lipinski definition) is 3. The number of anilines is 1. The number of amides is 1. The minimum Gasteiger partial charge on any atom is -0.357 e. The second-order valence-electron chi connectivity index (χ2n) is 6.95. The van der Waals surface area contributed by atoms with Crippen LogP contribution in [0.3, 0.4) is 0 Å². The zero-order chi connectivity index (χ0) is 21.9. The normalized spacial score (nSPS) is 10.9. The molecule has 3 N–H and O–H groups in total. The zero-order valence-corrected chi connectivity index (χ0v) is 20.3. The number of nitrogens with one attached hydrogen (secondary N) is 3. The van der Waals surface area contributed by atoms with E-state index >= 15 is 0 Å². The molecule has 0 atom stereocenters. The molecule has 1 aromatic heterocycles. The zero-order valence-electron chi connectivity index (χ0n) is 17.9. The minimum atomic E-state index is -0.230. The van der Waals surface area contributed by atoms with E-state index in [1.54, 1.807) is 35.3 Å². The lowest BCUT2D eigenvalue weighted by molar-refractivity contribution is -0.116. The average molecular weight is 550 g/mol. The summed E-state index contributed by atoms with van der Waals surface area (Å²) in [6.45, 7) is 4.06. The quantitative estimate of drug-likeness (QED) is 0.216. The van der Waals surface area contributed by atoms with E-state index in [9.17, 15) is 9.18 Å². The third-order valence-electron chi connectivity index (χ3n) is 4.46. The molecular weight excluding hydrogens is 522 g/mol. The molecular formula is C23H28FIN6O. The largest absolute Gasteiger partial charge is 0.357 e. The van der Waals surface area contributed by atoms with Gasteiger partial charge in [0.2, 0.25) is 5.91 Å². The van der Waals surface area contributed by atoms with E-state index in [0.717, 1.165) is 29.8 Å². The highest BCUT2D eigenvalue weighted by molar-refractivity contribution is 14.0. The van der Waals surface area contributed by atoms with Gasteiger partial charge in [0.1, 0.15) is 12.4 Å². The van der Waals surface area contributed by atoms with Gasteiger partial charge in [-0.2, -0.15) is 5.10 Å². The van der Waals surface area contributed by atoms with Crippen molar-refractivity contribution in [3.8, 4) is 0 Å². The van der Waals surface area contributed by atoms with E-state index in [4.69, 9.17) is 0 Å². The molecule has 0 saturated heterocycles. The lowest BCUT2D eigenvalue weighted by Gasteiger charge is -2.12. The fourth-order valence-electron chi connectivity index (χ4n) is 2.98. The Morgan fingerprint density at radius 2 is 1.91 bits per heavy atom. The number of rotatable bonds is 9. The molecule has 2 aromatic carbocycles.